The van der Waals surface area contributed by atoms with Crippen LogP contribution in [0.2, 0.25) is 5.02 Å². The van der Waals surface area contributed by atoms with Crippen LogP contribution in [0.3, 0.4) is 0 Å². The summed E-state index contributed by atoms with van der Waals surface area (Å²) in [7, 11) is 0. The summed E-state index contributed by atoms with van der Waals surface area (Å²) in [6.07, 6.45) is 0. The van der Waals surface area contributed by atoms with E-state index in [1.807, 2.05) is 36.4 Å². The molecule has 33 heavy (non-hydrogen) atoms. The van der Waals surface area contributed by atoms with Gasteiger partial charge in [0.2, 0.25) is 0 Å². The highest BCUT2D eigenvalue weighted by Gasteiger charge is 2.16. The first kappa shape index (κ1) is 24.5. The van der Waals surface area contributed by atoms with Crippen molar-refractivity contribution >= 4 is 34.8 Å². The van der Waals surface area contributed by atoms with Gasteiger partial charge in [0.1, 0.15) is 0 Å². The molecular weight excluding hydrogens is 432 g/mol. The average Bonchev–Trinajstić information content (AvgIpc) is 2.75. The Bertz CT molecular complexity index is 1150. The van der Waals surface area contributed by atoms with Crippen LogP contribution in [0.15, 0.2) is 66.7 Å². The van der Waals surface area contributed by atoms with Crippen molar-refractivity contribution in [2.75, 3.05) is 10.6 Å². The molecule has 5 heteroatoms. The van der Waals surface area contributed by atoms with Gasteiger partial charge in [0.25, 0.3) is 11.8 Å². The summed E-state index contributed by atoms with van der Waals surface area (Å²) in [5.41, 5.74) is 4.41. The minimum absolute atomic E-state index is 0.0118. The van der Waals surface area contributed by atoms with Gasteiger partial charge in [0.05, 0.1) is 10.7 Å². The predicted octanol–water partition coefficient (Wildman–Crippen LogP) is 7.44. The number of benzene rings is 3. The fraction of sp³-hybridized carbons (Fsp3) is 0.286. The first-order chi connectivity index (χ1) is 15.3. The molecule has 3 aromatic rings. The van der Waals surface area contributed by atoms with Crippen molar-refractivity contribution in [1.82, 2.24) is 0 Å². The second kappa shape index (κ2) is 9.40. The number of hydrogen-bond acceptors (Lipinski definition) is 2. The van der Waals surface area contributed by atoms with Crippen molar-refractivity contribution < 1.29 is 9.59 Å². The van der Waals surface area contributed by atoms with E-state index in [4.69, 9.17) is 11.6 Å². The number of anilines is 2. The number of rotatable bonds is 4. The van der Waals surface area contributed by atoms with Gasteiger partial charge in [-0.2, -0.15) is 0 Å². The van der Waals surface area contributed by atoms with Crippen molar-refractivity contribution in [3.63, 3.8) is 0 Å². The molecule has 0 aliphatic rings. The number of amides is 2. The van der Waals surface area contributed by atoms with E-state index in [-0.39, 0.29) is 22.6 Å². The molecule has 2 amide bonds. The molecule has 0 spiro atoms. The van der Waals surface area contributed by atoms with E-state index >= 15 is 0 Å². The van der Waals surface area contributed by atoms with Crippen LogP contribution in [0.5, 0.6) is 0 Å². The van der Waals surface area contributed by atoms with E-state index in [0.717, 1.165) is 11.1 Å². The molecule has 172 valence electrons. The van der Waals surface area contributed by atoms with Crippen molar-refractivity contribution in [1.29, 1.82) is 0 Å². The summed E-state index contributed by atoms with van der Waals surface area (Å²) in [5, 5.41) is 6.10. The van der Waals surface area contributed by atoms with E-state index in [2.05, 4.69) is 52.2 Å². The van der Waals surface area contributed by atoms with Crippen LogP contribution >= 0.6 is 11.6 Å². The van der Waals surface area contributed by atoms with E-state index in [9.17, 15) is 9.59 Å². The summed E-state index contributed by atoms with van der Waals surface area (Å²) in [5.74, 6) is -0.494. The molecule has 3 rings (SSSR count). The van der Waals surface area contributed by atoms with Crippen molar-refractivity contribution in [3.8, 4) is 0 Å². The average molecular weight is 463 g/mol. The largest absolute Gasteiger partial charge is 0.322 e. The lowest BCUT2D eigenvalue weighted by molar-refractivity contribution is 0.101. The second-order valence-electron chi connectivity index (χ2n) is 10.3. The van der Waals surface area contributed by atoms with Crippen molar-refractivity contribution in [2.24, 2.45) is 0 Å². The highest BCUT2D eigenvalue weighted by molar-refractivity contribution is 6.34. The lowest BCUT2D eigenvalue weighted by Crippen LogP contribution is -2.16. The van der Waals surface area contributed by atoms with E-state index in [1.165, 1.54) is 0 Å². The number of hydrogen-bond donors (Lipinski definition) is 2. The third kappa shape index (κ3) is 6.23. The molecule has 4 nitrogen and oxygen atoms in total. The van der Waals surface area contributed by atoms with Crippen molar-refractivity contribution in [2.45, 2.75) is 52.4 Å². The molecule has 0 radical (unpaired) electrons. The van der Waals surface area contributed by atoms with Gasteiger partial charge in [-0.05, 0) is 64.4 Å². The first-order valence-electron chi connectivity index (χ1n) is 11.0. The van der Waals surface area contributed by atoms with Gasteiger partial charge in [0, 0.05) is 16.8 Å². The van der Waals surface area contributed by atoms with Crippen LogP contribution in [0.4, 0.5) is 11.4 Å². The van der Waals surface area contributed by atoms with Crippen LogP contribution in [0.25, 0.3) is 0 Å². The number of carbonyl (C=O) groups is 2. The zero-order valence-corrected chi connectivity index (χ0v) is 20.8. The van der Waals surface area contributed by atoms with E-state index in [1.54, 1.807) is 30.3 Å². The Morgan fingerprint density at radius 2 is 1.06 bits per heavy atom. The minimum atomic E-state index is -0.265. The topological polar surface area (TPSA) is 58.2 Å². The third-order valence-corrected chi connectivity index (χ3v) is 5.83. The molecule has 0 atom stereocenters. The third-order valence-electron chi connectivity index (χ3n) is 5.50. The zero-order valence-electron chi connectivity index (χ0n) is 20.0. The molecule has 0 aliphatic carbocycles. The van der Waals surface area contributed by atoms with Crippen LogP contribution in [-0.4, -0.2) is 11.8 Å². The molecule has 0 bridgehead atoms. The smallest absolute Gasteiger partial charge is 0.255 e. The number of nitrogens with one attached hydrogen (secondary N) is 2. The molecule has 2 N–H and O–H groups in total. The van der Waals surface area contributed by atoms with Crippen LogP contribution in [-0.2, 0) is 10.8 Å². The van der Waals surface area contributed by atoms with Gasteiger partial charge in [-0.1, -0.05) is 77.4 Å². The van der Waals surface area contributed by atoms with E-state index < -0.39 is 0 Å². The van der Waals surface area contributed by atoms with Gasteiger partial charge in [-0.15, -0.1) is 0 Å². The Morgan fingerprint density at radius 1 is 0.636 bits per heavy atom. The lowest BCUT2D eigenvalue weighted by atomic mass is 9.86. The van der Waals surface area contributed by atoms with E-state index in [0.29, 0.717) is 27.5 Å². The maximum Gasteiger partial charge on any atom is 0.255 e. The quantitative estimate of drug-likeness (QED) is 0.423. The summed E-state index contributed by atoms with van der Waals surface area (Å²) >= 11 is 6.30. The number of carbonyl (C=O) groups excluding carboxylic acids is 2. The fourth-order valence-corrected chi connectivity index (χ4v) is 3.50. The Hall–Kier alpha value is -3.11. The minimum Gasteiger partial charge on any atom is -0.322 e. The molecule has 0 saturated heterocycles. The van der Waals surface area contributed by atoms with Gasteiger partial charge in [-0.3, -0.25) is 9.59 Å². The molecular formula is C28H31ClN2O2. The van der Waals surface area contributed by atoms with Gasteiger partial charge in [-0.25, -0.2) is 0 Å². The molecule has 3 aromatic carbocycles. The molecule has 0 fully saturated rings. The SMILES string of the molecule is CC(C)(C)c1ccc(C(=O)Nc2ccc(Cl)c(NC(=O)c3ccc(C(C)(C)C)cc3)c2)cc1. The highest BCUT2D eigenvalue weighted by atomic mass is 35.5. The summed E-state index contributed by atoms with van der Waals surface area (Å²) < 4.78 is 0. The molecule has 0 aromatic heterocycles. The fourth-order valence-electron chi connectivity index (χ4n) is 3.34. The molecule has 0 aliphatic heterocycles. The summed E-state index contributed by atoms with van der Waals surface area (Å²) in [4.78, 5) is 25.4. The van der Waals surface area contributed by atoms with Gasteiger partial charge < -0.3 is 10.6 Å². The van der Waals surface area contributed by atoms with Crippen molar-refractivity contribution in [3.05, 3.63) is 94.0 Å². The summed E-state index contributed by atoms with van der Waals surface area (Å²) in [6.45, 7) is 12.8. The molecule has 0 unspecified atom stereocenters. The Labute approximate surface area is 201 Å². The molecule has 0 heterocycles. The first-order valence-corrected chi connectivity index (χ1v) is 11.4. The highest BCUT2D eigenvalue weighted by Crippen LogP contribution is 2.28. The lowest BCUT2D eigenvalue weighted by Gasteiger charge is -2.19. The van der Waals surface area contributed by atoms with Gasteiger partial charge in [0.15, 0.2) is 0 Å². The Morgan fingerprint density at radius 3 is 1.48 bits per heavy atom. The summed E-state index contributed by atoms with van der Waals surface area (Å²) in [6, 6.07) is 20.1. The normalized spacial score (nSPS) is 11.7. The van der Waals surface area contributed by atoms with Crippen LogP contribution in [0, 0.1) is 0 Å². The Balaban J connectivity index is 1.72. The maximum atomic E-state index is 12.7. The Kier molecular flexibility index (Phi) is 6.99. The molecule has 0 saturated carbocycles. The zero-order chi connectivity index (χ0) is 24.4. The second-order valence-corrected chi connectivity index (χ2v) is 10.7. The monoisotopic (exact) mass is 462 g/mol. The van der Waals surface area contributed by atoms with Crippen LogP contribution < -0.4 is 10.6 Å². The van der Waals surface area contributed by atoms with Crippen LogP contribution in [0.1, 0.15) is 73.4 Å². The predicted molar refractivity (Wildman–Crippen MR) is 138 cm³/mol. The standard InChI is InChI=1S/C28H31ClN2O2/c1-27(2,3)20-11-7-18(8-12-20)25(32)30-22-15-16-23(29)24(17-22)31-26(33)19-9-13-21(14-10-19)28(4,5)6/h7-17H,1-6H3,(H,30,32)(H,31,33). The maximum absolute atomic E-state index is 12.7. The number of halogens is 1. The van der Waals surface area contributed by atoms with Gasteiger partial charge >= 0.3 is 0 Å².